The number of methoxy groups -OCH3 is 2. The van der Waals surface area contributed by atoms with Gasteiger partial charge in [0.25, 0.3) is 0 Å². The number of aromatic nitrogens is 1. The van der Waals surface area contributed by atoms with Gasteiger partial charge in [0.2, 0.25) is 5.88 Å². The fourth-order valence-electron chi connectivity index (χ4n) is 3.04. The number of carbonyl (C=O) groups is 1. The van der Waals surface area contributed by atoms with Gasteiger partial charge in [-0.3, -0.25) is 4.79 Å². The fourth-order valence-corrected chi connectivity index (χ4v) is 3.04. The average Bonchev–Trinajstić information content (AvgIpc) is 2.98. The molecule has 1 aromatic heterocycles. The van der Waals surface area contributed by atoms with Crippen molar-refractivity contribution < 1.29 is 19.0 Å². The van der Waals surface area contributed by atoms with Crippen LogP contribution in [0, 0.1) is 5.92 Å². The zero-order chi connectivity index (χ0) is 12.8. The van der Waals surface area contributed by atoms with E-state index in [1.807, 2.05) is 12.1 Å². The molecule has 2 bridgehead atoms. The van der Waals surface area contributed by atoms with Crippen LogP contribution >= 0.6 is 0 Å². The van der Waals surface area contributed by atoms with Crippen molar-refractivity contribution in [1.29, 1.82) is 0 Å². The summed E-state index contributed by atoms with van der Waals surface area (Å²) in [5.41, 5.74) is 0.768. The van der Waals surface area contributed by atoms with Crippen LogP contribution in [0.2, 0.25) is 0 Å². The van der Waals surface area contributed by atoms with Crippen LogP contribution in [-0.4, -0.2) is 37.9 Å². The molecule has 0 N–H and O–H groups in total. The summed E-state index contributed by atoms with van der Waals surface area (Å²) in [5, 5.41) is 0. The zero-order valence-electron chi connectivity index (χ0n) is 10.4. The van der Waals surface area contributed by atoms with Gasteiger partial charge in [-0.15, -0.1) is 0 Å². The molecule has 3 aliphatic rings. The summed E-state index contributed by atoms with van der Waals surface area (Å²) in [6.07, 6.45) is 2.63. The second-order valence-electron chi connectivity index (χ2n) is 4.80. The van der Waals surface area contributed by atoms with Gasteiger partial charge in [0.05, 0.1) is 32.8 Å². The molecule has 1 aliphatic carbocycles. The number of esters is 1. The van der Waals surface area contributed by atoms with Crippen LogP contribution in [-0.2, 0) is 19.7 Å². The molecule has 0 spiro atoms. The lowest BCUT2D eigenvalue weighted by Gasteiger charge is -2.42. The maximum atomic E-state index is 11.8. The minimum atomic E-state index is -0.253. The molecule has 0 unspecified atom stereocenters. The van der Waals surface area contributed by atoms with Gasteiger partial charge >= 0.3 is 5.97 Å². The van der Waals surface area contributed by atoms with Gasteiger partial charge in [-0.05, 0) is 12.0 Å². The smallest absolute Gasteiger partial charge is 0.312 e. The fraction of sp³-hybridized carbons (Fsp3) is 0.538. The van der Waals surface area contributed by atoms with Gasteiger partial charge in [0.15, 0.2) is 0 Å². The maximum absolute atomic E-state index is 11.8. The number of fused-ring (bicyclic) bond motifs is 1. The highest BCUT2D eigenvalue weighted by Crippen LogP contribution is 2.56. The lowest BCUT2D eigenvalue weighted by atomic mass is 9.58. The second kappa shape index (κ2) is 3.95. The summed E-state index contributed by atoms with van der Waals surface area (Å²) in [5.74, 6) is 0.178. The van der Waals surface area contributed by atoms with E-state index in [1.54, 1.807) is 13.3 Å². The van der Waals surface area contributed by atoms with Crippen molar-refractivity contribution in [2.24, 2.45) is 5.92 Å². The van der Waals surface area contributed by atoms with Crippen LogP contribution in [0.3, 0.4) is 0 Å². The first-order valence-corrected chi connectivity index (χ1v) is 5.91. The normalized spacial score (nSPS) is 32.8. The lowest BCUT2D eigenvalue weighted by Crippen LogP contribution is -2.53. The summed E-state index contributed by atoms with van der Waals surface area (Å²) < 4.78 is 15.5. The van der Waals surface area contributed by atoms with Gasteiger partial charge in [-0.2, -0.15) is 0 Å². The predicted molar refractivity (Wildman–Crippen MR) is 62.3 cm³/mol. The highest BCUT2D eigenvalue weighted by atomic mass is 16.5. The molecular formula is C13H15NO4. The first kappa shape index (κ1) is 11.5. The molecule has 5 nitrogen and oxygen atoms in total. The van der Waals surface area contributed by atoms with Crippen molar-refractivity contribution in [3.63, 3.8) is 0 Å². The Morgan fingerprint density at radius 2 is 2.33 bits per heavy atom. The molecule has 96 valence electrons. The Bertz CT molecular complexity index is 468. The second-order valence-corrected chi connectivity index (χ2v) is 4.80. The SMILES string of the molecule is COC(=O)[C@@H]1[C@H]2C[C@]1(c1ccc(OC)nc1)CO2. The van der Waals surface area contributed by atoms with E-state index >= 15 is 0 Å². The molecule has 5 heteroatoms. The summed E-state index contributed by atoms with van der Waals surface area (Å²) in [6, 6.07) is 3.76. The van der Waals surface area contributed by atoms with Crippen LogP contribution < -0.4 is 4.74 Å². The van der Waals surface area contributed by atoms with E-state index in [0.29, 0.717) is 12.5 Å². The van der Waals surface area contributed by atoms with Gasteiger partial charge in [-0.1, -0.05) is 6.07 Å². The molecule has 3 fully saturated rings. The quantitative estimate of drug-likeness (QED) is 0.745. The molecule has 1 saturated carbocycles. The molecule has 4 rings (SSSR count). The van der Waals surface area contributed by atoms with Crippen LogP contribution in [0.4, 0.5) is 0 Å². The number of hydrogen-bond donors (Lipinski definition) is 0. The topological polar surface area (TPSA) is 57.7 Å². The minimum Gasteiger partial charge on any atom is -0.481 e. The third kappa shape index (κ3) is 1.37. The number of carbonyl (C=O) groups excluding carboxylic acids is 1. The first-order chi connectivity index (χ1) is 8.71. The number of hydrogen-bond acceptors (Lipinski definition) is 5. The molecule has 0 radical (unpaired) electrons. The number of ether oxygens (including phenoxy) is 3. The number of rotatable bonds is 3. The van der Waals surface area contributed by atoms with Crippen LogP contribution in [0.15, 0.2) is 18.3 Å². The summed E-state index contributed by atoms with van der Waals surface area (Å²) in [7, 11) is 3.00. The van der Waals surface area contributed by atoms with E-state index in [9.17, 15) is 4.79 Å². The Kier molecular flexibility index (Phi) is 2.52. The third-order valence-corrected chi connectivity index (χ3v) is 4.06. The molecule has 3 heterocycles. The van der Waals surface area contributed by atoms with Gasteiger partial charge < -0.3 is 14.2 Å². The van der Waals surface area contributed by atoms with Crippen LogP contribution in [0.25, 0.3) is 0 Å². The Morgan fingerprint density at radius 3 is 2.89 bits per heavy atom. The van der Waals surface area contributed by atoms with E-state index in [1.165, 1.54) is 7.11 Å². The molecular weight excluding hydrogens is 234 g/mol. The zero-order valence-corrected chi connectivity index (χ0v) is 10.4. The van der Waals surface area contributed by atoms with Crippen LogP contribution in [0.1, 0.15) is 12.0 Å². The molecule has 18 heavy (non-hydrogen) atoms. The van der Waals surface area contributed by atoms with E-state index in [4.69, 9.17) is 14.2 Å². The molecule has 2 saturated heterocycles. The Balaban J connectivity index is 1.92. The molecule has 3 atom stereocenters. The predicted octanol–water partition coefficient (Wildman–Crippen LogP) is 0.920. The summed E-state index contributed by atoms with van der Waals surface area (Å²) in [4.78, 5) is 16.0. The largest absolute Gasteiger partial charge is 0.481 e. The highest BCUT2D eigenvalue weighted by Gasteiger charge is 2.65. The van der Waals surface area contributed by atoms with Gasteiger partial charge in [0.1, 0.15) is 0 Å². The van der Waals surface area contributed by atoms with Crippen molar-refractivity contribution >= 4 is 5.97 Å². The molecule has 0 amide bonds. The van der Waals surface area contributed by atoms with Crippen molar-refractivity contribution in [3.05, 3.63) is 23.9 Å². The molecule has 2 aliphatic heterocycles. The minimum absolute atomic E-state index is 0.000415. The van der Waals surface area contributed by atoms with E-state index < -0.39 is 0 Å². The standard InChI is InChI=1S/C13H15NO4/c1-16-10-4-3-8(6-14-10)13-5-9(18-7-13)11(13)12(15)17-2/h3-4,6,9,11H,5,7H2,1-2H3/t9-,11+,13-/m1/s1. The van der Waals surface area contributed by atoms with Crippen molar-refractivity contribution in [2.75, 3.05) is 20.8 Å². The first-order valence-electron chi connectivity index (χ1n) is 5.91. The number of pyridine rings is 1. The summed E-state index contributed by atoms with van der Waals surface area (Å²) in [6.45, 7) is 0.561. The van der Waals surface area contributed by atoms with Gasteiger partial charge in [-0.25, -0.2) is 4.98 Å². The monoisotopic (exact) mass is 249 g/mol. The molecule has 1 aromatic rings. The summed E-state index contributed by atoms with van der Waals surface area (Å²) >= 11 is 0. The number of nitrogens with zero attached hydrogens (tertiary/aromatic N) is 1. The van der Waals surface area contributed by atoms with Crippen LogP contribution in [0.5, 0.6) is 5.88 Å². The Hall–Kier alpha value is -1.62. The van der Waals surface area contributed by atoms with E-state index in [2.05, 4.69) is 4.98 Å². The Labute approximate surface area is 105 Å². The molecule has 0 aromatic carbocycles. The van der Waals surface area contributed by atoms with E-state index in [0.717, 1.165) is 12.0 Å². The van der Waals surface area contributed by atoms with Crippen molar-refractivity contribution in [1.82, 2.24) is 4.98 Å². The highest BCUT2D eigenvalue weighted by molar-refractivity contribution is 5.78. The third-order valence-electron chi connectivity index (χ3n) is 4.06. The average molecular weight is 249 g/mol. The van der Waals surface area contributed by atoms with Crippen molar-refractivity contribution in [2.45, 2.75) is 17.9 Å². The van der Waals surface area contributed by atoms with Crippen molar-refractivity contribution in [3.8, 4) is 5.88 Å². The Morgan fingerprint density at radius 1 is 1.50 bits per heavy atom. The maximum Gasteiger partial charge on any atom is 0.312 e. The van der Waals surface area contributed by atoms with Gasteiger partial charge in [0, 0.05) is 17.7 Å². The lowest BCUT2D eigenvalue weighted by molar-refractivity contribution is -0.154. The van der Waals surface area contributed by atoms with E-state index in [-0.39, 0.29) is 23.4 Å².